The van der Waals surface area contributed by atoms with Crippen molar-refractivity contribution >= 4 is 0 Å². The maximum Gasteiger partial charge on any atom is 0.187 e. The first-order valence-corrected chi connectivity index (χ1v) is 30.1. The van der Waals surface area contributed by atoms with Crippen LogP contribution in [0, 0.1) is 46.3 Å². The highest BCUT2D eigenvalue weighted by molar-refractivity contribution is 5.27. The molecule has 490 valence electrons. The number of rotatable bonds is 18. The van der Waals surface area contributed by atoms with E-state index in [-0.39, 0.29) is 60.1 Å². The average molecular weight is 1230 g/mol. The van der Waals surface area contributed by atoms with Crippen molar-refractivity contribution in [2.75, 3.05) is 39.6 Å². The first-order valence-electron chi connectivity index (χ1n) is 30.1. The molecule has 0 aromatic heterocycles. The van der Waals surface area contributed by atoms with E-state index in [1.807, 2.05) is 6.92 Å². The van der Waals surface area contributed by atoms with Crippen LogP contribution in [0.4, 0.5) is 0 Å². The number of aliphatic hydroxyl groups is 18. The highest BCUT2D eigenvalue weighted by Crippen LogP contribution is 2.70. The Balaban J connectivity index is 0.783. The standard InChI is InChI=1S/C56H92O29/c1-20(18-75-49-43(71)39(67)36(64)30(14-57)78-49)7-10-56(74)21(2)34-29(85-56)12-25-23-6-5-22-11-28(26(61)13-55(22,4)24(23)8-9-54(25,34)3)77-51-45(73)41(69)46(33(17-60)81-51)82-53-48(84-52-44(72)40(68)37(65)31(15-58)79-52)47(38(66)32(16-59)80-53)83-50-42(70)35(63)27(62)19-76-50/h5,20-21,23-53,57-74H,6-19H2,1-4H3/t20-,21-,23+,24-,25-,26+,27+,28+,29-,30+,31+,32+,33+,34-,35-,36+,37+,38+,39-,40-,41+,42+,43+,44+,45+,46-,47-,48+,49+,50-,51+,52-,53-,54-,55-,56+/m0/s1. The monoisotopic (exact) mass is 1230 g/mol. The summed E-state index contributed by atoms with van der Waals surface area (Å²) in [5.41, 5.74) is 0.462. The molecule has 6 saturated heterocycles. The fourth-order valence-corrected chi connectivity index (χ4v) is 16.3. The van der Waals surface area contributed by atoms with Crippen LogP contribution in [0.15, 0.2) is 11.6 Å². The van der Waals surface area contributed by atoms with E-state index in [2.05, 4.69) is 26.8 Å². The summed E-state index contributed by atoms with van der Waals surface area (Å²) in [6, 6.07) is 0. The van der Waals surface area contributed by atoms with Crippen LogP contribution in [0.25, 0.3) is 0 Å². The van der Waals surface area contributed by atoms with Crippen LogP contribution >= 0.6 is 0 Å². The minimum absolute atomic E-state index is 0.0728. The third-order valence-corrected chi connectivity index (χ3v) is 21.3. The average Bonchev–Trinajstić information content (AvgIpc) is 1.73. The molecule has 6 aliphatic heterocycles. The molecule has 29 nitrogen and oxygen atoms in total. The predicted molar refractivity (Wildman–Crippen MR) is 280 cm³/mol. The molecule has 6 heterocycles. The Labute approximate surface area is 491 Å². The molecule has 0 spiro atoms. The first kappa shape index (κ1) is 66.5. The van der Waals surface area contributed by atoms with Gasteiger partial charge in [-0.15, -0.1) is 0 Å². The maximum absolute atomic E-state index is 12.1. The molecule has 29 heteroatoms. The third kappa shape index (κ3) is 12.2. The summed E-state index contributed by atoms with van der Waals surface area (Å²) >= 11 is 0. The largest absolute Gasteiger partial charge is 0.394 e. The third-order valence-electron chi connectivity index (χ3n) is 21.3. The zero-order valence-electron chi connectivity index (χ0n) is 48.1. The van der Waals surface area contributed by atoms with Gasteiger partial charge < -0.3 is 144 Å². The Bertz CT molecular complexity index is 2240. The molecule has 0 amide bonds. The molecule has 0 aromatic rings. The van der Waals surface area contributed by atoms with E-state index in [0.29, 0.717) is 19.3 Å². The Morgan fingerprint density at radius 2 is 1.14 bits per heavy atom. The van der Waals surface area contributed by atoms with E-state index in [9.17, 15) is 91.9 Å². The number of fused-ring (bicyclic) bond motifs is 7. The van der Waals surface area contributed by atoms with E-state index < -0.39 is 204 Å². The Morgan fingerprint density at radius 3 is 1.80 bits per heavy atom. The minimum Gasteiger partial charge on any atom is -0.394 e. The van der Waals surface area contributed by atoms with Crippen LogP contribution in [0.2, 0.25) is 0 Å². The van der Waals surface area contributed by atoms with E-state index in [4.69, 9.17) is 52.1 Å². The van der Waals surface area contributed by atoms with Crippen molar-refractivity contribution < 1.29 is 144 Å². The molecule has 18 N–H and O–H groups in total. The van der Waals surface area contributed by atoms with Gasteiger partial charge in [0.05, 0.1) is 58.0 Å². The van der Waals surface area contributed by atoms with Crippen LogP contribution in [0.1, 0.15) is 79.1 Å². The highest BCUT2D eigenvalue weighted by Gasteiger charge is 2.68. The second-order valence-corrected chi connectivity index (χ2v) is 26.4. The van der Waals surface area contributed by atoms with Crippen molar-refractivity contribution in [3.8, 4) is 0 Å². The van der Waals surface area contributed by atoms with Gasteiger partial charge in [0.15, 0.2) is 37.2 Å². The molecular formula is C56H92O29. The lowest BCUT2D eigenvalue weighted by atomic mass is 9.46. The SMILES string of the molecule is C[C@@H](CC[C@@]1(O)O[C@H]2C[C@H]3[C@@H]4CC=C5C[C@@H](O[C@@H]6O[C@H](CO)[C@H](O[C@@H]7O[C@H](CO)[C@@H](O)[C@H](O[C@@H]8OC[C@@H](O)[C@H](O)[C@H]8O)[C@H]7O[C@@H]7O[C@H](CO)[C@@H](O)[C@H](O)[C@H]7O)[C@H](O)[C@H]6O)[C@H](O)C[C@]5(C)[C@H]4CC[C@]3(C)[C@H]2[C@@H]1C)CO[C@@H]1O[C@H](CO)[C@@H](O)[C@H](O)[C@H]1O. The van der Waals surface area contributed by atoms with Crippen LogP contribution in [-0.2, 0) is 52.1 Å². The molecule has 0 unspecified atom stereocenters. The van der Waals surface area contributed by atoms with E-state index >= 15 is 0 Å². The van der Waals surface area contributed by atoms with E-state index in [1.165, 1.54) is 0 Å². The number of aliphatic hydroxyl groups excluding tert-OH is 17. The molecule has 85 heavy (non-hydrogen) atoms. The van der Waals surface area contributed by atoms with Gasteiger partial charge in [0.2, 0.25) is 0 Å². The highest BCUT2D eigenvalue weighted by atomic mass is 16.8. The van der Waals surface area contributed by atoms with Crippen molar-refractivity contribution in [2.24, 2.45) is 46.3 Å². The summed E-state index contributed by atoms with van der Waals surface area (Å²) < 4.78 is 65.4. The lowest BCUT2D eigenvalue weighted by Gasteiger charge is -2.59. The number of allylic oxidation sites excluding steroid dienone is 1. The summed E-state index contributed by atoms with van der Waals surface area (Å²) in [6.07, 6.45) is -36.9. The molecule has 10 aliphatic rings. The molecule has 10 rings (SSSR count). The van der Waals surface area contributed by atoms with Gasteiger partial charge in [-0.05, 0) is 85.4 Å². The number of hydrogen-bond acceptors (Lipinski definition) is 29. The van der Waals surface area contributed by atoms with Crippen molar-refractivity contribution in [3.63, 3.8) is 0 Å². The van der Waals surface area contributed by atoms with Crippen LogP contribution in [0.5, 0.6) is 0 Å². The summed E-state index contributed by atoms with van der Waals surface area (Å²) in [5, 5.41) is 194. The molecule has 9 fully saturated rings. The maximum atomic E-state index is 12.1. The van der Waals surface area contributed by atoms with Gasteiger partial charge in [-0.1, -0.05) is 39.3 Å². The quantitative estimate of drug-likeness (QED) is 0.0567. The topological polar surface area (TPSA) is 466 Å². The van der Waals surface area contributed by atoms with Gasteiger partial charge in [0, 0.05) is 12.3 Å². The molecule has 0 bridgehead atoms. The van der Waals surface area contributed by atoms with Crippen LogP contribution in [0.3, 0.4) is 0 Å². The fraction of sp³-hybridized carbons (Fsp3) is 0.964. The van der Waals surface area contributed by atoms with Crippen molar-refractivity contribution in [2.45, 2.75) is 251 Å². The smallest absolute Gasteiger partial charge is 0.187 e. The normalized spacial score (nSPS) is 54.8. The van der Waals surface area contributed by atoms with E-state index in [0.717, 1.165) is 31.3 Å². The molecule has 4 aliphatic carbocycles. The lowest BCUT2D eigenvalue weighted by Crippen LogP contribution is -2.68. The number of ether oxygens (including phenoxy) is 11. The minimum atomic E-state index is -2.05. The molecular weight excluding hydrogens is 1140 g/mol. The van der Waals surface area contributed by atoms with Crippen molar-refractivity contribution in [3.05, 3.63) is 11.6 Å². The second kappa shape index (κ2) is 26.3. The fourth-order valence-electron chi connectivity index (χ4n) is 16.3. The summed E-state index contributed by atoms with van der Waals surface area (Å²) in [6.45, 7) is 4.77. The first-order chi connectivity index (χ1) is 40.2. The van der Waals surface area contributed by atoms with Gasteiger partial charge in [0.25, 0.3) is 0 Å². The van der Waals surface area contributed by atoms with Crippen LogP contribution < -0.4 is 0 Å². The predicted octanol–water partition coefficient (Wildman–Crippen LogP) is -6.60. The second-order valence-electron chi connectivity index (χ2n) is 26.4. The summed E-state index contributed by atoms with van der Waals surface area (Å²) in [4.78, 5) is 0. The van der Waals surface area contributed by atoms with Gasteiger partial charge in [-0.3, -0.25) is 0 Å². The molecule has 0 aromatic carbocycles. The lowest BCUT2D eigenvalue weighted by molar-refractivity contribution is -0.404. The Kier molecular flexibility index (Phi) is 20.6. The Morgan fingerprint density at radius 1 is 0.588 bits per heavy atom. The summed E-state index contributed by atoms with van der Waals surface area (Å²) in [7, 11) is 0. The van der Waals surface area contributed by atoms with Crippen LogP contribution in [-0.4, -0.2) is 303 Å². The van der Waals surface area contributed by atoms with Gasteiger partial charge in [-0.25, -0.2) is 0 Å². The van der Waals surface area contributed by atoms with Gasteiger partial charge in [0.1, 0.15) is 116 Å². The van der Waals surface area contributed by atoms with Gasteiger partial charge in [-0.2, -0.15) is 0 Å². The van der Waals surface area contributed by atoms with Crippen molar-refractivity contribution in [1.29, 1.82) is 0 Å². The molecule has 3 saturated carbocycles. The Hall–Kier alpha value is -1.42. The van der Waals surface area contributed by atoms with E-state index in [1.54, 1.807) is 0 Å². The zero-order chi connectivity index (χ0) is 61.5. The van der Waals surface area contributed by atoms with Crippen molar-refractivity contribution in [1.82, 2.24) is 0 Å². The summed E-state index contributed by atoms with van der Waals surface area (Å²) in [5.74, 6) is -0.960. The zero-order valence-corrected chi connectivity index (χ0v) is 48.1. The van der Waals surface area contributed by atoms with Gasteiger partial charge >= 0.3 is 0 Å². The molecule has 36 atom stereocenters. The number of hydrogen-bond donors (Lipinski definition) is 18. The molecule has 0 radical (unpaired) electrons.